The van der Waals surface area contributed by atoms with E-state index in [4.69, 9.17) is 10.8 Å². The van der Waals surface area contributed by atoms with Crippen LogP contribution in [0.3, 0.4) is 0 Å². The van der Waals surface area contributed by atoms with E-state index in [-0.39, 0.29) is 5.91 Å². The first-order valence-corrected chi connectivity index (χ1v) is 5.81. The number of hydrogen-bond acceptors (Lipinski definition) is 3. The number of rotatable bonds is 8. The van der Waals surface area contributed by atoms with Gasteiger partial charge in [0.1, 0.15) is 6.04 Å². The maximum atomic E-state index is 11.5. The van der Waals surface area contributed by atoms with Crippen LogP contribution in [-0.2, 0) is 9.59 Å². The Kier molecular flexibility index (Phi) is 7.54. The molecule has 0 aromatic rings. The van der Waals surface area contributed by atoms with E-state index in [1.54, 1.807) is 0 Å². The van der Waals surface area contributed by atoms with E-state index in [1.807, 2.05) is 13.8 Å². The second-order valence-electron chi connectivity index (χ2n) is 3.94. The number of nitrogens with two attached hydrogens (primary N) is 1. The largest absolute Gasteiger partial charge is 0.480 e. The average molecular weight is 230 g/mol. The summed E-state index contributed by atoms with van der Waals surface area (Å²) in [5, 5.41) is 11.3. The van der Waals surface area contributed by atoms with Gasteiger partial charge in [0.2, 0.25) is 5.91 Å². The Bertz CT molecular complexity index is 231. The third kappa shape index (κ3) is 5.70. The molecule has 0 aromatic carbocycles. The van der Waals surface area contributed by atoms with E-state index >= 15 is 0 Å². The van der Waals surface area contributed by atoms with Gasteiger partial charge in [0, 0.05) is 0 Å². The summed E-state index contributed by atoms with van der Waals surface area (Å²) in [6.07, 6.45) is 3.59. The van der Waals surface area contributed by atoms with Gasteiger partial charge >= 0.3 is 5.97 Å². The van der Waals surface area contributed by atoms with Crippen molar-refractivity contribution in [3.8, 4) is 0 Å². The van der Waals surface area contributed by atoms with Crippen molar-refractivity contribution in [3.05, 3.63) is 0 Å². The van der Waals surface area contributed by atoms with Gasteiger partial charge in [-0.3, -0.25) is 4.79 Å². The lowest BCUT2D eigenvalue weighted by atomic mass is 10.1. The first-order valence-electron chi connectivity index (χ1n) is 5.81. The SMILES string of the molecule is CCCCC(N)C(=O)N[C@H](CCC)C(=O)O. The van der Waals surface area contributed by atoms with Crippen LogP contribution in [0, 0.1) is 0 Å². The molecule has 0 aliphatic carbocycles. The topological polar surface area (TPSA) is 92.4 Å². The lowest BCUT2D eigenvalue weighted by Crippen LogP contribution is -2.48. The highest BCUT2D eigenvalue weighted by atomic mass is 16.4. The van der Waals surface area contributed by atoms with Crippen molar-refractivity contribution < 1.29 is 14.7 Å². The molecule has 0 heterocycles. The van der Waals surface area contributed by atoms with E-state index in [0.717, 1.165) is 12.8 Å². The lowest BCUT2D eigenvalue weighted by Gasteiger charge is -2.17. The number of hydrogen-bond donors (Lipinski definition) is 3. The molecule has 1 amide bonds. The van der Waals surface area contributed by atoms with Crippen molar-refractivity contribution in [3.63, 3.8) is 0 Å². The number of unbranched alkanes of at least 4 members (excludes halogenated alkanes) is 1. The molecule has 0 aromatic heterocycles. The number of carboxylic acid groups (broad SMARTS) is 1. The Morgan fingerprint density at radius 3 is 2.31 bits per heavy atom. The minimum absolute atomic E-state index is 0.366. The molecule has 94 valence electrons. The fourth-order valence-corrected chi connectivity index (χ4v) is 1.38. The molecule has 0 saturated heterocycles. The van der Waals surface area contributed by atoms with Crippen LogP contribution in [-0.4, -0.2) is 29.1 Å². The molecule has 5 heteroatoms. The number of amides is 1. The molecule has 0 rings (SSSR count). The third-order valence-electron chi connectivity index (χ3n) is 2.40. The van der Waals surface area contributed by atoms with Crippen LogP contribution in [0.1, 0.15) is 46.0 Å². The molecule has 0 aliphatic heterocycles. The van der Waals surface area contributed by atoms with Gasteiger partial charge in [-0.2, -0.15) is 0 Å². The Labute approximate surface area is 96.4 Å². The quantitative estimate of drug-likeness (QED) is 0.577. The maximum absolute atomic E-state index is 11.5. The highest BCUT2D eigenvalue weighted by Crippen LogP contribution is 2.01. The summed E-state index contributed by atoms with van der Waals surface area (Å²) in [7, 11) is 0. The first-order chi connectivity index (χ1) is 7.52. The van der Waals surface area contributed by atoms with E-state index in [1.165, 1.54) is 0 Å². The lowest BCUT2D eigenvalue weighted by molar-refractivity contribution is -0.142. The van der Waals surface area contributed by atoms with Gasteiger partial charge < -0.3 is 16.2 Å². The van der Waals surface area contributed by atoms with Gasteiger partial charge in [0.25, 0.3) is 0 Å². The predicted molar refractivity (Wildman–Crippen MR) is 62.0 cm³/mol. The molecule has 4 N–H and O–H groups in total. The molecule has 0 fully saturated rings. The predicted octanol–water partition coefficient (Wildman–Crippen LogP) is 0.873. The van der Waals surface area contributed by atoms with Gasteiger partial charge in [-0.15, -0.1) is 0 Å². The van der Waals surface area contributed by atoms with Crippen LogP contribution < -0.4 is 11.1 Å². The smallest absolute Gasteiger partial charge is 0.326 e. The third-order valence-corrected chi connectivity index (χ3v) is 2.40. The minimum Gasteiger partial charge on any atom is -0.480 e. The van der Waals surface area contributed by atoms with Crippen LogP contribution in [0.15, 0.2) is 0 Å². The van der Waals surface area contributed by atoms with Crippen molar-refractivity contribution >= 4 is 11.9 Å². The molecule has 0 spiro atoms. The molecule has 0 radical (unpaired) electrons. The van der Waals surface area contributed by atoms with Crippen LogP contribution >= 0.6 is 0 Å². The van der Waals surface area contributed by atoms with Crippen molar-refractivity contribution in [2.45, 2.75) is 58.0 Å². The standard InChI is InChI=1S/C11H22N2O3/c1-3-5-7-8(12)10(14)13-9(6-4-2)11(15)16/h8-9H,3-7,12H2,1-2H3,(H,13,14)(H,15,16)/t8?,9-/m1/s1. The van der Waals surface area contributed by atoms with Crippen LogP contribution in [0.5, 0.6) is 0 Å². The van der Waals surface area contributed by atoms with Gasteiger partial charge in [-0.25, -0.2) is 4.79 Å². The Hall–Kier alpha value is -1.10. The number of carbonyl (C=O) groups is 2. The second kappa shape index (κ2) is 8.10. The van der Waals surface area contributed by atoms with E-state index in [9.17, 15) is 9.59 Å². The number of carbonyl (C=O) groups excluding carboxylic acids is 1. The Balaban J connectivity index is 4.12. The molecule has 0 aliphatic rings. The monoisotopic (exact) mass is 230 g/mol. The Morgan fingerprint density at radius 1 is 1.25 bits per heavy atom. The summed E-state index contributed by atoms with van der Waals surface area (Å²) in [4.78, 5) is 22.3. The molecular weight excluding hydrogens is 208 g/mol. The fraction of sp³-hybridized carbons (Fsp3) is 0.818. The zero-order chi connectivity index (χ0) is 12.6. The van der Waals surface area contributed by atoms with E-state index in [2.05, 4.69) is 5.32 Å². The highest BCUT2D eigenvalue weighted by molar-refractivity contribution is 5.86. The van der Waals surface area contributed by atoms with Crippen LogP contribution in [0.4, 0.5) is 0 Å². The van der Waals surface area contributed by atoms with E-state index < -0.39 is 18.1 Å². The van der Waals surface area contributed by atoms with Crippen LogP contribution in [0.2, 0.25) is 0 Å². The zero-order valence-electron chi connectivity index (χ0n) is 10.0. The molecule has 16 heavy (non-hydrogen) atoms. The van der Waals surface area contributed by atoms with E-state index in [0.29, 0.717) is 19.3 Å². The Morgan fingerprint density at radius 2 is 1.88 bits per heavy atom. The summed E-state index contributed by atoms with van der Waals surface area (Å²) in [6.45, 7) is 3.89. The maximum Gasteiger partial charge on any atom is 0.326 e. The van der Waals surface area contributed by atoms with Crippen molar-refractivity contribution in [1.82, 2.24) is 5.32 Å². The highest BCUT2D eigenvalue weighted by Gasteiger charge is 2.21. The molecule has 2 atom stereocenters. The molecule has 0 bridgehead atoms. The number of carboxylic acids is 1. The molecule has 1 unspecified atom stereocenters. The number of aliphatic carboxylic acids is 1. The van der Waals surface area contributed by atoms with Gasteiger partial charge in [-0.1, -0.05) is 33.1 Å². The van der Waals surface area contributed by atoms with Crippen molar-refractivity contribution in [1.29, 1.82) is 0 Å². The summed E-state index contributed by atoms with van der Waals surface area (Å²) in [6, 6.07) is -1.41. The molecule has 5 nitrogen and oxygen atoms in total. The van der Waals surface area contributed by atoms with Gasteiger partial charge in [-0.05, 0) is 12.8 Å². The average Bonchev–Trinajstić information content (AvgIpc) is 2.24. The molecule has 0 saturated carbocycles. The van der Waals surface area contributed by atoms with Crippen molar-refractivity contribution in [2.24, 2.45) is 5.73 Å². The first kappa shape index (κ1) is 14.9. The van der Waals surface area contributed by atoms with Crippen molar-refractivity contribution in [2.75, 3.05) is 0 Å². The second-order valence-corrected chi connectivity index (χ2v) is 3.94. The fourth-order valence-electron chi connectivity index (χ4n) is 1.38. The normalized spacial score (nSPS) is 14.2. The summed E-state index contributed by atoms with van der Waals surface area (Å²) < 4.78 is 0. The summed E-state index contributed by atoms with van der Waals surface area (Å²) in [5.41, 5.74) is 5.64. The summed E-state index contributed by atoms with van der Waals surface area (Å²) >= 11 is 0. The zero-order valence-corrected chi connectivity index (χ0v) is 10.0. The van der Waals surface area contributed by atoms with Crippen LogP contribution in [0.25, 0.3) is 0 Å². The molecular formula is C11H22N2O3. The van der Waals surface area contributed by atoms with Gasteiger partial charge in [0.15, 0.2) is 0 Å². The number of nitrogens with one attached hydrogen (secondary N) is 1. The van der Waals surface area contributed by atoms with Gasteiger partial charge in [0.05, 0.1) is 6.04 Å². The minimum atomic E-state index is -1.00. The summed E-state index contributed by atoms with van der Waals surface area (Å²) in [5.74, 6) is -1.37.